The smallest absolute Gasteiger partial charge is 0.316 e. The van der Waals surface area contributed by atoms with Crippen LogP contribution in [0.2, 0.25) is 0 Å². The minimum absolute atomic E-state index is 0.525. The molecule has 4 nitrogen and oxygen atoms in total. The van der Waals surface area contributed by atoms with Crippen LogP contribution >= 0.6 is 0 Å². The van der Waals surface area contributed by atoms with Crippen LogP contribution in [-0.4, -0.2) is 19.1 Å². The Bertz CT molecular complexity index is 360. The molecular formula is C16H29N3O. The van der Waals surface area contributed by atoms with Crippen LogP contribution in [-0.2, 0) is 6.42 Å². The second-order valence-electron chi connectivity index (χ2n) is 4.65. The lowest BCUT2D eigenvalue weighted by atomic mass is 10.1. The van der Waals surface area contributed by atoms with Crippen LogP contribution < -0.4 is 16.4 Å². The summed E-state index contributed by atoms with van der Waals surface area (Å²) in [6, 6.07) is 7.09. The Morgan fingerprint density at radius 2 is 1.90 bits per heavy atom. The van der Waals surface area contributed by atoms with E-state index in [-0.39, 0.29) is 0 Å². The summed E-state index contributed by atoms with van der Waals surface area (Å²) in [4.78, 5) is 10.5. The fourth-order valence-corrected chi connectivity index (χ4v) is 1.61. The first-order chi connectivity index (χ1) is 9.63. The van der Waals surface area contributed by atoms with Crippen molar-refractivity contribution in [1.82, 2.24) is 5.32 Å². The molecule has 4 N–H and O–H groups in total. The maximum absolute atomic E-state index is 10.5. The van der Waals surface area contributed by atoms with Gasteiger partial charge in [-0.2, -0.15) is 0 Å². The van der Waals surface area contributed by atoms with Crippen LogP contribution in [0, 0.1) is 0 Å². The molecule has 114 valence electrons. The third-order valence-electron chi connectivity index (χ3n) is 2.74. The highest BCUT2D eigenvalue weighted by atomic mass is 16.2. The maximum Gasteiger partial charge on any atom is 0.316 e. The van der Waals surface area contributed by atoms with Crippen LogP contribution in [0.1, 0.15) is 45.6 Å². The Balaban J connectivity index is 0.000000396. The number of unbranched alkanes of at least 4 members (excludes halogenated alkanes) is 1. The van der Waals surface area contributed by atoms with Crippen LogP contribution in [0.15, 0.2) is 24.3 Å². The zero-order valence-electron chi connectivity index (χ0n) is 13.0. The molecular weight excluding hydrogens is 250 g/mol. The van der Waals surface area contributed by atoms with Crippen molar-refractivity contribution in [1.29, 1.82) is 0 Å². The van der Waals surface area contributed by atoms with Crippen LogP contribution in [0.3, 0.4) is 0 Å². The van der Waals surface area contributed by atoms with E-state index in [0.29, 0.717) is 0 Å². The number of carbonyl (C=O) groups excluding carboxylic acids is 1. The molecule has 0 aliphatic heterocycles. The van der Waals surface area contributed by atoms with Crippen LogP contribution in [0.5, 0.6) is 0 Å². The van der Waals surface area contributed by atoms with E-state index in [1.807, 2.05) is 24.3 Å². The second-order valence-corrected chi connectivity index (χ2v) is 4.65. The van der Waals surface area contributed by atoms with E-state index in [0.717, 1.165) is 12.1 Å². The van der Waals surface area contributed by atoms with Gasteiger partial charge in [0.15, 0.2) is 0 Å². The molecule has 0 bridgehead atoms. The first kappa shape index (κ1) is 18.4. The van der Waals surface area contributed by atoms with Gasteiger partial charge in [0.05, 0.1) is 0 Å². The van der Waals surface area contributed by atoms with E-state index in [4.69, 9.17) is 5.73 Å². The van der Waals surface area contributed by atoms with E-state index in [1.165, 1.54) is 37.9 Å². The third kappa shape index (κ3) is 10.4. The molecule has 2 amide bonds. The molecule has 0 saturated heterocycles. The number of aryl methyl sites for hydroxylation is 1. The Morgan fingerprint density at radius 1 is 1.15 bits per heavy atom. The van der Waals surface area contributed by atoms with Crippen molar-refractivity contribution in [3.05, 3.63) is 29.8 Å². The van der Waals surface area contributed by atoms with Gasteiger partial charge < -0.3 is 16.4 Å². The fraction of sp³-hybridized carbons (Fsp3) is 0.562. The number of benzene rings is 1. The molecule has 20 heavy (non-hydrogen) atoms. The van der Waals surface area contributed by atoms with E-state index < -0.39 is 6.03 Å². The Kier molecular flexibility index (Phi) is 11.5. The molecule has 0 spiro atoms. The molecule has 0 heterocycles. The van der Waals surface area contributed by atoms with Gasteiger partial charge in [-0.05, 0) is 50.0 Å². The highest BCUT2D eigenvalue weighted by molar-refractivity contribution is 5.87. The number of rotatable bonds is 7. The molecule has 0 aliphatic rings. The Morgan fingerprint density at radius 3 is 2.45 bits per heavy atom. The SMILES string of the molecule is CCCCNCCC.CCc1cccc(NC(N)=O)c1. The monoisotopic (exact) mass is 279 g/mol. The van der Waals surface area contributed by atoms with Gasteiger partial charge >= 0.3 is 6.03 Å². The zero-order valence-corrected chi connectivity index (χ0v) is 13.0. The van der Waals surface area contributed by atoms with Crippen molar-refractivity contribution in [3.8, 4) is 0 Å². The summed E-state index contributed by atoms with van der Waals surface area (Å²) in [7, 11) is 0. The van der Waals surface area contributed by atoms with Crippen molar-refractivity contribution >= 4 is 11.7 Å². The molecule has 0 fully saturated rings. The summed E-state index contributed by atoms with van der Waals surface area (Å²) in [5.41, 5.74) is 6.90. The topological polar surface area (TPSA) is 67.2 Å². The minimum Gasteiger partial charge on any atom is -0.351 e. The van der Waals surface area contributed by atoms with Gasteiger partial charge in [-0.25, -0.2) is 4.79 Å². The lowest BCUT2D eigenvalue weighted by Crippen LogP contribution is -2.19. The fourth-order valence-electron chi connectivity index (χ4n) is 1.61. The Hall–Kier alpha value is -1.55. The summed E-state index contributed by atoms with van der Waals surface area (Å²) in [5.74, 6) is 0. The predicted molar refractivity (Wildman–Crippen MR) is 87.1 cm³/mol. The lowest BCUT2D eigenvalue weighted by Gasteiger charge is -2.02. The van der Waals surface area contributed by atoms with Crippen molar-refractivity contribution < 1.29 is 4.79 Å². The van der Waals surface area contributed by atoms with Gasteiger partial charge in [0.1, 0.15) is 0 Å². The van der Waals surface area contributed by atoms with Gasteiger partial charge in [-0.3, -0.25) is 0 Å². The molecule has 1 rings (SSSR count). The average Bonchev–Trinajstić information content (AvgIpc) is 2.44. The minimum atomic E-state index is -0.525. The summed E-state index contributed by atoms with van der Waals surface area (Å²) < 4.78 is 0. The van der Waals surface area contributed by atoms with Crippen molar-refractivity contribution in [2.24, 2.45) is 5.73 Å². The van der Waals surface area contributed by atoms with Gasteiger partial charge in [0, 0.05) is 5.69 Å². The first-order valence-electron chi connectivity index (χ1n) is 7.50. The van der Waals surface area contributed by atoms with Gasteiger partial charge in [-0.1, -0.05) is 39.3 Å². The third-order valence-corrected chi connectivity index (χ3v) is 2.74. The van der Waals surface area contributed by atoms with E-state index in [1.54, 1.807) is 0 Å². The number of hydrogen-bond donors (Lipinski definition) is 3. The number of nitrogens with one attached hydrogen (secondary N) is 2. The van der Waals surface area contributed by atoms with E-state index in [9.17, 15) is 4.79 Å². The molecule has 0 aliphatic carbocycles. The number of primary amides is 1. The molecule has 1 aromatic carbocycles. The van der Waals surface area contributed by atoms with Gasteiger partial charge in [0.25, 0.3) is 0 Å². The number of urea groups is 1. The quantitative estimate of drug-likeness (QED) is 0.668. The van der Waals surface area contributed by atoms with Crippen LogP contribution in [0.25, 0.3) is 0 Å². The molecule has 0 radical (unpaired) electrons. The number of hydrogen-bond acceptors (Lipinski definition) is 2. The van der Waals surface area contributed by atoms with E-state index >= 15 is 0 Å². The number of amides is 2. The molecule has 0 aromatic heterocycles. The number of nitrogens with two attached hydrogens (primary N) is 1. The first-order valence-corrected chi connectivity index (χ1v) is 7.50. The molecule has 4 heteroatoms. The number of anilines is 1. The summed E-state index contributed by atoms with van der Waals surface area (Å²) in [6.45, 7) is 8.85. The maximum atomic E-state index is 10.5. The number of carbonyl (C=O) groups is 1. The zero-order chi connectivity index (χ0) is 15.2. The predicted octanol–water partition coefficient (Wildman–Crippen LogP) is 3.53. The Labute approximate surface area is 123 Å². The molecule has 0 atom stereocenters. The highest BCUT2D eigenvalue weighted by Gasteiger charge is 1.95. The summed E-state index contributed by atoms with van der Waals surface area (Å²) >= 11 is 0. The van der Waals surface area contributed by atoms with Gasteiger partial charge in [0.2, 0.25) is 0 Å². The normalized spacial score (nSPS) is 9.55. The molecule has 0 saturated carbocycles. The highest BCUT2D eigenvalue weighted by Crippen LogP contribution is 2.10. The molecule has 0 unspecified atom stereocenters. The van der Waals surface area contributed by atoms with E-state index in [2.05, 4.69) is 31.4 Å². The standard InChI is InChI=1S/C9H12N2O.C7H17N/c1-2-7-4-3-5-8(6-7)11-9(10)12;1-3-5-7-8-6-4-2/h3-6H,2H2,1H3,(H3,10,11,12);8H,3-7H2,1-2H3. The van der Waals surface area contributed by atoms with Gasteiger partial charge in [-0.15, -0.1) is 0 Å². The lowest BCUT2D eigenvalue weighted by molar-refractivity contribution is 0.259. The second kappa shape index (κ2) is 12.5. The van der Waals surface area contributed by atoms with Crippen molar-refractivity contribution in [2.45, 2.75) is 46.5 Å². The van der Waals surface area contributed by atoms with Crippen LogP contribution in [0.4, 0.5) is 10.5 Å². The summed E-state index contributed by atoms with van der Waals surface area (Å²) in [6.07, 6.45) is 4.83. The van der Waals surface area contributed by atoms with Crippen molar-refractivity contribution in [2.75, 3.05) is 18.4 Å². The largest absolute Gasteiger partial charge is 0.351 e. The average molecular weight is 279 g/mol. The summed E-state index contributed by atoms with van der Waals surface area (Å²) in [5, 5.41) is 5.85. The molecule has 1 aromatic rings. The van der Waals surface area contributed by atoms with Crippen molar-refractivity contribution in [3.63, 3.8) is 0 Å².